The molecular formula is C29H34BrN3O5S. The number of nitrogens with one attached hydrogen (secondary N) is 1. The van der Waals surface area contributed by atoms with Gasteiger partial charge in [0.2, 0.25) is 21.8 Å². The molecule has 3 aromatic rings. The number of para-hydroxylation sites is 2. The summed E-state index contributed by atoms with van der Waals surface area (Å²) >= 11 is 3.43. The van der Waals surface area contributed by atoms with Crippen LogP contribution in [0.25, 0.3) is 0 Å². The van der Waals surface area contributed by atoms with Crippen LogP contribution in [-0.4, -0.2) is 57.1 Å². The summed E-state index contributed by atoms with van der Waals surface area (Å²) in [5.41, 5.74) is 1.91. The van der Waals surface area contributed by atoms with Crippen LogP contribution in [0.4, 0.5) is 5.69 Å². The van der Waals surface area contributed by atoms with E-state index in [-0.39, 0.29) is 30.6 Å². The number of benzene rings is 3. The van der Waals surface area contributed by atoms with Gasteiger partial charge in [-0.15, -0.1) is 0 Å². The Morgan fingerprint density at radius 1 is 0.923 bits per heavy atom. The smallest absolute Gasteiger partial charge is 0.244 e. The van der Waals surface area contributed by atoms with E-state index in [0.717, 1.165) is 26.2 Å². The summed E-state index contributed by atoms with van der Waals surface area (Å²) in [6.07, 6.45) is 1.30. The molecule has 0 unspecified atom stereocenters. The van der Waals surface area contributed by atoms with Crippen molar-refractivity contribution in [3.05, 3.63) is 94.5 Å². The Balaban J connectivity index is 2.07. The third-order valence-electron chi connectivity index (χ3n) is 6.00. The topological polar surface area (TPSA) is 96.0 Å². The highest BCUT2D eigenvalue weighted by atomic mass is 79.9. The molecule has 0 saturated heterocycles. The third-order valence-corrected chi connectivity index (χ3v) is 7.66. The molecule has 1 N–H and O–H groups in total. The van der Waals surface area contributed by atoms with Gasteiger partial charge in [-0.25, -0.2) is 8.42 Å². The maximum atomic E-state index is 14.1. The Kier molecular flexibility index (Phi) is 10.5. The maximum absolute atomic E-state index is 14.1. The molecule has 0 heterocycles. The number of ether oxygens (including phenoxy) is 1. The van der Waals surface area contributed by atoms with E-state index in [2.05, 4.69) is 21.2 Å². The van der Waals surface area contributed by atoms with Crippen LogP contribution in [-0.2, 0) is 32.6 Å². The molecule has 3 aromatic carbocycles. The first-order valence-corrected chi connectivity index (χ1v) is 15.1. The van der Waals surface area contributed by atoms with Crippen molar-refractivity contribution in [2.45, 2.75) is 38.9 Å². The number of halogens is 1. The second-order valence-corrected chi connectivity index (χ2v) is 12.3. The highest BCUT2D eigenvalue weighted by molar-refractivity contribution is 9.10. The SMILES string of the molecule is COc1ccccc1N(CC(=O)N(Cc1ccc(Br)cc1)[C@@H](Cc1ccccc1)C(=O)NC(C)C)S(C)(=O)=O. The monoisotopic (exact) mass is 615 g/mol. The van der Waals surface area contributed by atoms with Crippen LogP contribution in [0.2, 0.25) is 0 Å². The molecule has 8 nitrogen and oxygen atoms in total. The largest absolute Gasteiger partial charge is 0.495 e. The van der Waals surface area contributed by atoms with Gasteiger partial charge in [0.1, 0.15) is 18.3 Å². The van der Waals surface area contributed by atoms with E-state index < -0.39 is 28.5 Å². The lowest BCUT2D eigenvalue weighted by Gasteiger charge is -2.34. The Morgan fingerprint density at radius 2 is 1.54 bits per heavy atom. The zero-order valence-corrected chi connectivity index (χ0v) is 24.9. The number of amides is 2. The van der Waals surface area contributed by atoms with Crippen LogP contribution >= 0.6 is 15.9 Å². The predicted octanol–water partition coefficient (Wildman–Crippen LogP) is 4.39. The van der Waals surface area contributed by atoms with Crippen molar-refractivity contribution in [3.8, 4) is 5.75 Å². The molecule has 10 heteroatoms. The summed E-state index contributed by atoms with van der Waals surface area (Å²) in [4.78, 5) is 29.1. The van der Waals surface area contributed by atoms with Crippen LogP contribution < -0.4 is 14.4 Å². The number of carbonyl (C=O) groups excluding carboxylic acids is 2. The van der Waals surface area contributed by atoms with Crippen LogP contribution in [0.3, 0.4) is 0 Å². The number of anilines is 1. The lowest BCUT2D eigenvalue weighted by Crippen LogP contribution is -2.54. The molecular weight excluding hydrogens is 582 g/mol. The molecule has 0 aliphatic heterocycles. The van der Waals surface area contributed by atoms with E-state index in [1.165, 1.54) is 12.0 Å². The predicted molar refractivity (Wildman–Crippen MR) is 157 cm³/mol. The molecule has 3 rings (SSSR count). The van der Waals surface area contributed by atoms with Gasteiger partial charge < -0.3 is 15.0 Å². The second-order valence-electron chi connectivity index (χ2n) is 9.46. The summed E-state index contributed by atoms with van der Waals surface area (Å²) in [5, 5.41) is 2.93. The molecule has 39 heavy (non-hydrogen) atoms. The lowest BCUT2D eigenvalue weighted by atomic mass is 10.0. The number of sulfonamides is 1. The average Bonchev–Trinajstić information content (AvgIpc) is 2.89. The van der Waals surface area contributed by atoms with Gasteiger partial charge in [0.05, 0.1) is 19.1 Å². The van der Waals surface area contributed by atoms with Gasteiger partial charge in [0, 0.05) is 23.5 Å². The fraction of sp³-hybridized carbons (Fsp3) is 0.310. The molecule has 208 valence electrons. The summed E-state index contributed by atoms with van der Waals surface area (Å²) < 4.78 is 33.1. The minimum absolute atomic E-state index is 0.110. The first kappa shape index (κ1) is 30.2. The fourth-order valence-electron chi connectivity index (χ4n) is 4.15. The molecule has 0 spiro atoms. The molecule has 2 amide bonds. The number of nitrogens with zero attached hydrogens (tertiary/aromatic N) is 2. The van der Waals surface area contributed by atoms with Crippen molar-refractivity contribution >= 4 is 43.5 Å². The lowest BCUT2D eigenvalue weighted by molar-refractivity contribution is -0.140. The van der Waals surface area contributed by atoms with E-state index >= 15 is 0 Å². The first-order valence-electron chi connectivity index (χ1n) is 12.5. The van der Waals surface area contributed by atoms with E-state index in [1.807, 2.05) is 68.4 Å². The number of carbonyl (C=O) groups is 2. The zero-order chi connectivity index (χ0) is 28.6. The van der Waals surface area contributed by atoms with Crippen molar-refractivity contribution in [2.75, 3.05) is 24.2 Å². The number of rotatable bonds is 12. The average molecular weight is 617 g/mol. The standard InChI is InChI=1S/C29H34BrN3O5S/c1-21(2)31-29(35)26(18-22-10-6-5-7-11-22)32(19-23-14-16-24(30)17-15-23)28(34)20-33(39(4,36)37)25-12-8-9-13-27(25)38-3/h5-17,21,26H,18-20H2,1-4H3,(H,31,35)/t26-/m0/s1. The van der Waals surface area contributed by atoms with Crippen LogP contribution in [0.15, 0.2) is 83.3 Å². The molecule has 0 fully saturated rings. The van der Waals surface area contributed by atoms with E-state index in [4.69, 9.17) is 4.74 Å². The summed E-state index contributed by atoms with van der Waals surface area (Å²) in [7, 11) is -2.44. The normalized spacial score (nSPS) is 12.1. The Hall–Kier alpha value is -3.37. The van der Waals surface area contributed by atoms with Gasteiger partial charge >= 0.3 is 0 Å². The summed E-state index contributed by atoms with van der Waals surface area (Å²) in [6.45, 7) is 3.31. The summed E-state index contributed by atoms with van der Waals surface area (Å²) in [5.74, 6) is -0.523. The molecule has 0 saturated carbocycles. The quantitative estimate of drug-likeness (QED) is 0.326. The van der Waals surface area contributed by atoms with Crippen LogP contribution in [0, 0.1) is 0 Å². The molecule has 0 aliphatic rings. The Morgan fingerprint density at radius 3 is 2.13 bits per heavy atom. The van der Waals surface area contributed by atoms with Crippen molar-refractivity contribution in [3.63, 3.8) is 0 Å². The number of hydrogen-bond acceptors (Lipinski definition) is 5. The minimum Gasteiger partial charge on any atom is -0.495 e. The fourth-order valence-corrected chi connectivity index (χ4v) is 5.27. The van der Waals surface area contributed by atoms with Crippen molar-refractivity contribution in [1.82, 2.24) is 10.2 Å². The van der Waals surface area contributed by atoms with Crippen LogP contribution in [0.5, 0.6) is 5.75 Å². The van der Waals surface area contributed by atoms with Gasteiger partial charge in [-0.3, -0.25) is 13.9 Å². The summed E-state index contributed by atoms with van der Waals surface area (Å²) in [6, 6.07) is 22.4. The molecule has 1 atom stereocenters. The third kappa shape index (κ3) is 8.56. The van der Waals surface area contributed by atoms with Gasteiger partial charge in [-0.2, -0.15) is 0 Å². The highest BCUT2D eigenvalue weighted by Gasteiger charge is 2.33. The minimum atomic E-state index is -3.88. The van der Waals surface area contributed by atoms with E-state index in [9.17, 15) is 18.0 Å². The molecule has 0 aliphatic carbocycles. The van der Waals surface area contributed by atoms with Crippen molar-refractivity contribution < 1.29 is 22.7 Å². The van der Waals surface area contributed by atoms with Gasteiger partial charge in [0.15, 0.2) is 0 Å². The maximum Gasteiger partial charge on any atom is 0.244 e. The van der Waals surface area contributed by atoms with Gasteiger partial charge in [-0.05, 0) is 49.2 Å². The van der Waals surface area contributed by atoms with Gasteiger partial charge in [0.25, 0.3) is 0 Å². The number of methoxy groups -OCH3 is 1. The van der Waals surface area contributed by atoms with Crippen molar-refractivity contribution in [1.29, 1.82) is 0 Å². The molecule has 0 aromatic heterocycles. The van der Waals surface area contributed by atoms with Crippen molar-refractivity contribution in [2.24, 2.45) is 0 Å². The Bertz CT molecular complexity index is 1370. The zero-order valence-electron chi connectivity index (χ0n) is 22.5. The highest BCUT2D eigenvalue weighted by Crippen LogP contribution is 2.30. The van der Waals surface area contributed by atoms with Crippen LogP contribution in [0.1, 0.15) is 25.0 Å². The Labute approximate surface area is 239 Å². The number of hydrogen-bond donors (Lipinski definition) is 1. The van der Waals surface area contributed by atoms with E-state index in [1.54, 1.807) is 24.3 Å². The van der Waals surface area contributed by atoms with Gasteiger partial charge in [-0.1, -0.05) is 70.5 Å². The second kappa shape index (κ2) is 13.6. The molecule has 0 bridgehead atoms. The first-order chi connectivity index (χ1) is 18.5. The van der Waals surface area contributed by atoms with E-state index in [0.29, 0.717) is 5.75 Å². The molecule has 0 radical (unpaired) electrons.